The van der Waals surface area contributed by atoms with Crippen LogP contribution in [0.3, 0.4) is 0 Å². The maximum Gasteiger partial charge on any atom is 0.211 e. The van der Waals surface area contributed by atoms with Crippen LogP contribution in [0.5, 0.6) is 5.75 Å². The molecule has 0 spiro atoms. The van der Waals surface area contributed by atoms with E-state index in [1.807, 2.05) is 19.1 Å². The van der Waals surface area contributed by atoms with Gasteiger partial charge in [-0.1, -0.05) is 17.7 Å². The Morgan fingerprint density at radius 2 is 2.00 bits per heavy atom. The minimum absolute atomic E-state index is 0.0671. The van der Waals surface area contributed by atoms with E-state index in [1.54, 1.807) is 20.1 Å². The molecule has 0 atom stereocenters. The van der Waals surface area contributed by atoms with E-state index in [1.165, 1.54) is 0 Å². The zero-order valence-corrected chi connectivity index (χ0v) is 16.5. The molecule has 0 aliphatic rings. The van der Waals surface area contributed by atoms with Crippen molar-refractivity contribution in [1.82, 2.24) is 15.4 Å². The van der Waals surface area contributed by atoms with Crippen molar-refractivity contribution in [1.29, 1.82) is 0 Å². The molecule has 0 fully saturated rings. The smallest absolute Gasteiger partial charge is 0.211 e. The first kappa shape index (κ1) is 21.5. The lowest BCUT2D eigenvalue weighted by atomic mass is 10.1. The lowest BCUT2D eigenvalue weighted by Gasteiger charge is -2.12. The highest BCUT2D eigenvalue weighted by Crippen LogP contribution is 2.22. The number of methoxy groups -OCH3 is 1. The van der Waals surface area contributed by atoms with Crippen LogP contribution in [0, 0.1) is 0 Å². The molecule has 1 rings (SSSR count). The molecular weight excluding hydrogens is 364 g/mol. The third-order valence-electron chi connectivity index (χ3n) is 3.37. The summed E-state index contributed by atoms with van der Waals surface area (Å²) >= 11 is 6.22. The van der Waals surface area contributed by atoms with Gasteiger partial charge in [0.15, 0.2) is 5.96 Å². The summed E-state index contributed by atoms with van der Waals surface area (Å²) in [4.78, 5) is 4.35. The van der Waals surface area contributed by atoms with Crippen molar-refractivity contribution in [2.45, 2.75) is 20.3 Å². The van der Waals surface area contributed by atoms with Crippen molar-refractivity contribution in [3.8, 4) is 5.75 Å². The molecule has 0 radical (unpaired) electrons. The predicted molar refractivity (Wildman–Crippen MR) is 103 cm³/mol. The molecule has 0 heterocycles. The van der Waals surface area contributed by atoms with Crippen molar-refractivity contribution >= 4 is 27.6 Å². The lowest BCUT2D eigenvalue weighted by Crippen LogP contribution is -2.39. The summed E-state index contributed by atoms with van der Waals surface area (Å²) in [7, 11) is -1.57. The first-order valence-corrected chi connectivity index (χ1v) is 10.3. The normalized spacial score (nSPS) is 12.1. The molecule has 7 nitrogen and oxygen atoms in total. The summed E-state index contributed by atoms with van der Waals surface area (Å²) in [6, 6.07) is 5.60. The maximum absolute atomic E-state index is 11.4. The molecule has 0 bridgehead atoms. The zero-order chi connectivity index (χ0) is 18.7. The third-order valence-corrected chi connectivity index (χ3v) is 5.13. The average molecular weight is 391 g/mol. The van der Waals surface area contributed by atoms with Crippen molar-refractivity contribution in [3.05, 3.63) is 28.8 Å². The molecule has 0 amide bonds. The van der Waals surface area contributed by atoms with Gasteiger partial charge in [0.05, 0.1) is 19.4 Å². The molecule has 1 aromatic carbocycles. The topological polar surface area (TPSA) is 91.8 Å². The number of sulfonamides is 1. The Bertz CT molecular complexity index is 665. The summed E-state index contributed by atoms with van der Waals surface area (Å²) in [5, 5.41) is 6.99. The monoisotopic (exact) mass is 390 g/mol. The number of guanidine groups is 1. The SMILES string of the molecule is CCNC(=NCCNS(=O)(=O)CC)NCCc1ccc(OC)cc1Cl. The largest absolute Gasteiger partial charge is 0.497 e. The van der Waals surface area contributed by atoms with Crippen molar-refractivity contribution in [2.24, 2.45) is 4.99 Å². The summed E-state index contributed by atoms with van der Waals surface area (Å²) in [5.74, 6) is 1.44. The Kier molecular flexibility index (Phi) is 9.62. The standard InChI is InChI=1S/C16H27ClN4O3S/c1-4-18-16(20-10-11-21-25(22,23)5-2)19-9-8-13-6-7-14(24-3)12-15(13)17/h6-7,12,21H,4-5,8-11H2,1-3H3,(H2,18,19,20). The molecule has 0 aliphatic heterocycles. The first-order chi connectivity index (χ1) is 11.9. The fraction of sp³-hybridized carbons (Fsp3) is 0.562. The molecule has 0 aliphatic carbocycles. The van der Waals surface area contributed by atoms with E-state index in [4.69, 9.17) is 16.3 Å². The van der Waals surface area contributed by atoms with Crippen LogP contribution in [0.1, 0.15) is 19.4 Å². The number of rotatable bonds is 10. The van der Waals surface area contributed by atoms with Gasteiger partial charge < -0.3 is 15.4 Å². The number of benzene rings is 1. The summed E-state index contributed by atoms with van der Waals surface area (Å²) < 4.78 is 30.3. The van der Waals surface area contributed by atoms with Gasteiger partial charge in [0, 0.05) is 24.7 Å². The highest BCUT2D eigenvalue weighted by Gasteiger charge is 2.05. The molecule has 0 unspecified atom stereocenters. The Hall–Kier alpha value is -1.51. The zero-order valence-electron chi connectivity index (χ0n) is 14.9. The van der Waals surface area contributed by atoms with Gasteiger partial charge >= 0.3 is 0 Å². The second-order valence-electron chi connectivity index (χ2n) is 5.19. The molecule has 25 heavy (non-hydrogen) atoms. The quantitative estimate of drug-likeness (QED) is 0.319. The van der Waals surface area contributed by atoms with Gasteiger partial charge in [0.2, 0.25) is 10.0 Å². The molecule has 0 aromatic heterocycles. The summed E-state index contributed by atoms with van der Waals surface area (Å²) in [6.07, 6.45) is 0.732. The summed E-state index contributed by atoms with van der Waals surface area (Å²) in [6.45, 7) is 5.57. The van der Waals surface area contributed by atoms with Crippen LogP contribution < -0.4 is 20.1 Å². The van der Waals surface area contributed by atoms with Gasteiger partial charge in [-0.2, -0.15) is 0 Å². The minimum atomic E-state index is -3.18. The molecule has 0 saturated heterocycles. The highest BCUT2D eigenvalue weighted by molar-refractivity contribution is 7.89. The lowest BCUT2D eigenvalue weighted by molar-refractivity contribution is 0.414. The highest BCUT2D eigenvalue weighted by atomic mass is 35.5. The number of nitrogens with zero attached hydrogens (tertiary/aromatic N) is 1. The van der Waals surface area contributed by atoms with Gasteiger partial charge in [-0.25, -0.2) is 13.1 Å². The van der Waals surface area contributed by atoms with E-state index in [0.717, 1.165) is 24.3 Å². The Morgan fingerprint density at radius 1 is 1.24 bits per heavy atom. The molecule has 9 heteroatoms. The fourth-order valence-electron chi connectivity index (χ4n) is 1.99. The second-order valence-corrected chi connectivity index (χ2v) is 7.70. The van der Waals surface area contributed by atoms with Gasteiger partial charge in [0.1, 0.15) is 5.75 Å². The van der Waals surface area contributed by atoms with E-state index in [2.05, 4.69) is 20.3 Å². The number of nitrogens with one attached hydrogen (secondary N) is 3. The van der Waals surface area contributed by atoms with Gasteiger partial charge in [-0.3, -0.25) is 4.99 Å². The van der Waals surface area contributed by atoms with E-state index >= 15 is 0 Å². The number of aliphatic imine (C=N–C) groups is 1. The molecule has 142 valence electrons. The number of hydrogen-bond acceptors (Lipinski definition) is 4. The maximum atomic E-state index is 11.4. The molecule has 1 aromatic rings. The van der Waals surface area contributed by atoms with Gasteiger partial charge in [-0.05, 0) is 38.0 Å². The van der Waals surface area contributed by atoms with Crippen LogP contribution in [-0.2, 0) is 16.4 Å². The van der Waals surface area contributed by atoms with Crippen LogP contribution in [0.4, 0.5) is 0 Å². The minimum Gasteiger partial charge on any atom is -0.497 e. The van der Waals surface area contributed by atoms with E-state index < -0.39 is 10.0 Å². The van der Waals surface area contributed by atoms with Crippen LogP contribution in [-0.4, -0.2) is 53.4 Å². The van der Waals surface area contributed by atoms with Gasteiger partial charge in [-0.15, -0.1) is 0 Å². The molecule has 0 saturated carbocycles. The Balaban J connectivity index is 2.48. The number of halogens is 1. The molecule has 3 N–H and O–H groups in total. The fourth-order valence-corrected chi connectivity index (χ4v) is 2.86. The molecular formula is C16H27ClN4O3S. The van der Waals surface area contributed by atoms with E-state index in [9.17, 15) is 8.42 Å². The average Bonchev–Trinajstić information content (AvgIpc) is 2.59. The Morgan fingerprint density at radius 3 is 2.60 bits per heavy atom. The summed E-state index contributed by atoms with van der Waals surface area (Å²) in [5.41, 5.74) is 1.02. The van der Waals surface area contributed by atoms with Crippen LogP contribution >= 0.6 is 11.6 Å². The van der Waals surface area contributed by atoms with E-state index in [0.29, 0.717) is 24.1 Å². The first-order valence-electron chi connectivity index (χ1n) is 8.23. The predicted octanol–water partition coefficient (Wildman–Crippen LogP) is 1.39. The second kappa shape index (κ2) is 11.2. The van der Waals surface area contributed by atoms with Crippen molar-refractivity contribution in [3.63, 3.8) is 0 Å². The number of ether oxygens (including phenoxy) is 1. The number of hydrogen-bond donors (Lipinski definition) is 3. The van der Waals surface area contributed by atoms with Crippen LogP contribution in [0.25, 0.3) is 0 Å². The Labute approximate surface area is 155 Å². The van der Waals surface area contributed by atoms with E-state index in [-0.39, 0.29) is 12.3 Å². The van der Waals surface area contributed by atoms with Crippen LogP contribution in [0.2, 0.25) is 5.02 Å². The van der Waals surface area contributed by atoms with Gasteiger partial charge in [0.25, 0.3) is 0 Å². The van der Waals surface area contributed by atoms with Crippen molar-refractivity contribution < 1.29 is 13.2 Å². The van der Waals surface area contributed by atoms with Crippen LogP contribution in [0.15, 0.2) is 23.2 Å². The van der Waals surface area contributed by atoms with Crippen molar-refractivity contribution in [2.75, 3.05) is 39.0 Å². The third kappa shape index (κ3) is 8.42.